The molecule has 2 aromatic rings. The van der Waals surface area contributed by atoms with Gasteiger partial charge in [-0.1, -0.05) is 5.21 Å². The Bertz CT molecular complexity index is 819. The molecule has 1 saturated heterocycles. The van der Waals surface area contributed by atoms with E-state index >= 15 is 0 Å². The Morgan fingerprint density at radius 3 is 2.66 bits per heavy atom. The first-order valence-corrected chi connectivity index (χ1v) is 8.28. The van der Waals surface area contributed by atoms with Crippen molar-refractivity contribution in [2.75, 3.05) is 26.9 Å². The van der Waals surface area contributed by atoms with Crippen molar-refractivity contribution in [2.45, 2.75) is 18.6 Å². The molecule has 1 fully saturated rings. The highest BCUT2D eigenvalue weighted by atomic mass is 19.4. The minimum absolute atomic E-state index is 0.259. The number of hydrogen-bond acceptors (Lipinski definition) is 8. The number of alkyl halides is 3. The van der Waals surface area contributed by atoms with E-state index in [2.05, 4.69) is 25.3 Å². The Morgan fingerprint density at radius 2 is 2.14 bits per heavy atom. The highest BCUT2D eigenvalue weighted by molar-refractivity contribution is 5.87. The second kappa shape index (κ2) is 9.93. The number of nitrogens with one attached hydrogen (secondary N) is 1. The monoisotopic (exact) mass is 417 g/mol. The third-order valence-electron chi connectivity index (χ3n) is 3.64. The van der Waals surface area contributed by atoms with Gasteiger partial charge in [-0.15, -0.1) is 5.10 Å². The van der Waals surface area contributed by atoms with Crippen molar-refractivity contribution in [3.8, 4) is 5.69 Å². The standard InChI is InChI=1S/C14H17N5O3.C2HF3O2/c1-21-14(20)13-3-2-12(7-16-13)19-8-10(17-18-19)6-11-9-22-5-4-15-11;3-2(4,5)1(6)7/h2-3,7-8,11,15H,4-6,9H2,1H3;(H,6,7). The van der Waals surface area contributed by atoms with Crippen LogP contribution in [0.15, 0.2) is 24.5 Å². The van der Waals surface area contributed by atoms with Crippen LogP contribution in [0, 0.1) is 0 Å². The topological polar surface area (TPSA) is 128 Å². The fourth-order valence-corrected chi connectivity index (χ4v) is 2.27. The number of carboxylic acid groups (broad SMARTS) is 1. The zero-order valence-corrected chi connectivity index (χ0v) is 15.2. The summed E-state index contributed by atoms with van der Waals surface area (Å²) >= 11 is 0. The highest BCUT2D eigenvalue weighted by Crippen LogP contribution is 2.13. The number of esters is 1. The first-order valence-electron chi connectivity index (χ1n) is 8.28. The average molecular weight is 417 g/mol. The van der Waals surface area contributed by atoms with E-state index in [1.807, 2.05) is 6.20 Å². The summed E-state index contributed by atoms with van der Waals surface area (Å²) in [4.78, 5) is 24.3. The maximum absolute atomic E-state index is 11.3. The number of carboxylic acids is 1. The average Bonchev–Trinajstić information content (AvgIpc) is 3.16. The highest BCUT2D eigenvalue weighted by Gasteiger charge is 2.38. The molecule has 1 atom stereocenters. The normalized spacial score (nSPS) is 16.5. The summed E-state index contributed by atoms with van der Waals surface area (Å²) in [5, 5.41) is 18.7. The van der Waals surface area contributed by atoms with Crippen molar-refractivity contribution in [1.29, 1.82) is 0 Å². The minimum atomic E-state index is -5.08. The molecule has 0 aromatic carbocycles. The summed E-state index contributed by atoms with van der Waals surface area (Å²) in [5.41, 5.74) is 1.87. The zero-order valence-electron chi connectivity index (χ0n) is 15.2. The van der Waals surface area contributed by atoms with Gasteiger partial charge in [0, 0.05) is 19.0 Å². The summed E-state index contributed by atoms with van der Waals surface area (Å²) in [6.45, 7) is 2.29. The fraction of sp³-hybridized carbons (Fsp3) is 0.438. The van der Waals surface area contributed by atoms with Gasteiger partial charge in [-0.3, -0.25) is 0 Å². The lowest BCUT2D eigenvalue weighted by atomic mass is 10.1. The van der Waals surface area contributed by atoms with Crippen LogP contribution in [0.25, 0.3) is 5.69 Å². The molecular weight excluding hydrogens is 399 g/mol. The molecule has 1 aliphatic rings. The Morgan fingerprint density at radius 1 is 1.41 bits per heavy atom. The maximum Gasteiger partial charge on any atom is 0.490 e. The second-order valence-corrected chi connectivity index (χ2v) is 5.78. The van der Waals surface area contributed by atoms with Crippen molar-refractivity contribution in [2.24, 2.45) is 0 Å². The summed E-state index contributed by atoms with van der Waals surface area (Å²) in [6.07, 6.45) is -0.911. The Kier molecular flexibility index (Phi) is 7.61. The molecule has 0 spiro atoms. The third kappa shape index (κ3) is 6.80. The molecule has 0 radical (unpaired) electrons. The molecule has 2 N–H and O–H groups in total. The van der Waals surface area contributed by atoms with Crippen molar-refractivity contribution in [1.82, 2.24) is 25.3 Å². The van der Waals surface area contributed by atoms with E-state index < -0.39 is 18.1 Å². The lowest BCUT2D eigenvalue weighted by Gasteiger charge is -2.22. The van der Waals surface area contributed by atoms with E-state index in [9.17, 15) is 18.0 Å². The van der Waals surface area contributed by atoms with Gasteiger partial charge in [-0.2, -0.15) is 13.2 Å². The molecule has 0 aliphatic carbocycles. The summed E-state index contributed by atoms with van der Waals surface area (Å²) < 4.78 is 43.4. The molecule has 3 heterocycles. The molecular formula is C16H18F3N5O5. The van der Waals surface area contributed by atoms with E-state index in [1.165, 1.54) is 7.11 Å². The summed E-state index contributed by atoms with van der Waals surface area (Å²) in [7, 11) is 1.32. The van der Waals surface area contributed by atoms with Gasteiger partial charge in [0.25, 0.3) is 0 Å². The molecule has 10 nitrogen and oxygen atoms in total. The fourth-order valence-electron chi connectivity index (χ4n) is 2.27. The number of aromatic nitrogens is 4. The number of morpholine rings is 1. The largest absolute Gasteiger partial charge is 0.490 e. The van der Waals surface area contributed by atoms with Gasteiger partial charge >= 0.3 is 18.1 Å². The Hall–Kier alpha value is -3.06. The summed E-state index contributed by atoms with van der Waals surface area (Å²) in [6, 6.07) is 3.61. The van der Waals surface area contributed by atoms with Crippen LogP contribution in [-0.2, 0) is 20.7 Å². The van der Waals surface area contributed by atoms with Crippen LogP contribution in [0.2, 0.25) is 0 Å². The van der Waals surface area contributed by atoms with Gasteiger partial charge in [0.15, 0.2) is 0 Å². The minimum Gasteiger partial charge on any atom is -0.475 e. The number of carbonyl (C=O) groups excluding carboxylic acids is 1. The maximum atomic E-state index is 11.3. The molecule has 158 valence electrons. The van der Waals surface area contributed by atoms with Gasteiger partial charge in [-0.05, 0) is 12.1 Å². The van der Waals surface area contributed by atoms with Crippen molar-refractivity contribution < 1.29 is 37.3 Å². The van der Waals surface area contributed by atoms with Crippen LogP contribution in [0.4, 0.5) is 13.2 Å². The number of carbonyl (C=O) groups is 2. The van der Waals surface area contributed by atoms with Crippen LogP contribution in [0.5, 0.6) is 0 Å². The number of methoxy groups -OCH3 is 1. The molecule has 0 bridgehead atoms. The van der Waals surface area contributed by atoms with E-state index in [4.69, 9.17) is 14.6 Å². The van der Waals surface area contributed by atoms with Crippen LogP contribution in [0.3, 0.4) is 0 Å². The van der Waals surface area contributed by atoms with Gasteiger partial charge in [-0.25, -0.2) is 19.3 Å². The Balaban J connectivity index is 0.000000370. The number of halogens is 3. The lowest BCUT2D eigenvalue weighted by Crippen LogP contribution is -2.42. The van der Waals surface area contributed by atoms with Crippen molar-refractivity contribution in [3.05, 3.63) is 35.9 Å². The predicted octanol–water partition coefficient (Wildman–Crippen LogP) is 0.613. The van der Waals surface area contributed by atoms with Crippen LogP contribution < -0.4 is 5.32 Å². The quantitative estimate of drug-likeness (QED) is 0.688. The first kappa shape index (κ1) is 22.2. The number of ether oxygens (including phenoxy) is 2. The second-order valence-electron chi connectivity index (χ2n) is 5.78. The molecule has 13 heteroatoms. The molecule has 29 heavy (non-hydrogen) atoms. The molecule has 0 amide bonds. The summed E-state index contributed by atoms with van der Waals surface area (Å²) in [5.74, 6) is -3.22. The lowest BCUT2D eigenvalue weighted by molar-refractivity contribution is -0.192. The van der Waals surface area contributed by atoms with Gasteiger partial charge in [0.05, 0.1) is 44.1 Å². The molecule has 1 unspecified atom stereocenters. The number of aliphatic carboxylic acids is 1. The SMILES string of the molecule is COC(=O)c1ccc(-n2cc(CC3COCCN3)nn2)cn1.O=C(O)C(F)(F)F. The smallest absolute Gasteiger partial charge is 0.475 e. The predicted molar refractivity (Wildman–Crippen MR) is 90.5 cm³/mol. The van der Waals surface area contributed by atoms with Gasteiger partial charge in [0.2, 0.25) is 0 Å². The molecule has 3 rings (SSSR count). The van der Waals surface area contributed by atoms with E-state index in [0.717, 1.165) is 31.0 Å². The molecule has 2 aromatic heterocycles. The first-order chi connectivity index (χ1) is 13.7. The van der Waals surface area contributed by atoms with Gasteiger partial charge in [0.1, 0.15) is 5.69 Å². The third-order valence-corrected chi connectivity index (χ3v) is 3.64. The number of hydrogen-bond donors (Lipinski definition) is 2. The number of pyridine rings is 1. The van der Waals surface area contributed by atoms with E-state index in [1.54, 1.807) is 23.0 Å². The molecule has 0 saturated carbocycles. The molecule has 1 aliphatic heterocycles. The zero-order chi connectivity index (χ0) is 21.4. The number of nitrogens with zero attached hydrogens (tertiary/aromatic N) is 4. The number of rotatable bonds is 4. The van der Waals surface area contributed by atoms with Crippen molar-refractivity contribution >= 4 is 11.9 Å². The Labute approximate surface area is 162 Å². The van der Waals surface area contributed by atoms with Crippen molar-refractivity contribution in [3.63, 3.8) is 0 Å². The van der Waals surface area contributed by atoms with E-state index in [0.29, 0.717) is 6.61 Å². The van der Waals surface area contributed by atoms with Crippen LogP contribution in [-0.4, -0.2) is 76.1 Å². The van der Waals surface area contributed by atoms with Crippen LogP contribution >= 0.6 is 0 Å². The van der Waals surface area contributed by atoms with Crippen LogP contribution in [0.1, 0.15) is 16.2 Å². The van der Waals surface area contributed by atoms with E-state index in [-0.39, 0.29) is 11.7 Å². The van der Waals surface area contributed by atoms with Gasteiger partial charge < -0.3 is 19.9 Å².